The molecule has 0 aliphatic rings. The standard InChI is InChI=1S/C6H7N3O3/c1-12-6(11)5-8-7-4-9(5)2-3-10/h3-4H,2H2,1H3. The van der Waals surface area contributed by atoms with Crippen molar-refractivity contribution < 1.29 is 14.3 Å². The van der Waals surface area contributed by atoms with Gasteiger partial charge in [-0.05, 0) is 0 Å². The first-order valence-electron chi connectivity index (χ1n) is 3.19. The first-order valence-corrected chi connectivity index (χ1v) is 3.19. The van der Waals surface area contributed by atoms with Crippen molar-refractivity contribution in [1.29, 1.82) is 0 Å². The van der Waals surface area contributed by atoms with Gasteiger partial charge in [0.05, 0.1) is 13.7 Å². The average Bonchev–Trinajstić information content (AvgIpc) is 2.52. The molecule has 1 rings (SSSR count). The number of rotatable bonds is 3. The molecule has 12 heavy (non-hydrogen) atoms. The summed E-state index contributed by atoms with van der Waals surface area (Å²) in [6.07, 6.45) is 1.94. The first-order chi connectivity index (χ1) is 5.79. The van der Waals surface area contributed by atoms with Crippen molar-refractivity contribution in [3.63, 3.8) is 0 Å². The van der Waals surface area contributed by atoms with Crippen LogP contribution in [0.4, 0.5) is 0 Å². The number of nitrogens with zero attached hydrogens (tertiary/aromatic N) is 3. The molecule has 0 saturated carbocycles. The number of aromatic nitrogens is 3. The molecule has 0 radical (unpaired) electrons. The maximum atomic E-state index is 10.9. The molecule has 0 atom stereocenters. The summed E-state index contributed by atoms with van der Waals surface area (Å²) in [5, 5.41) is 6.95. The molecule has 1 aromatic rings. The lowest BCUT2D eigenvalue weighted by molar-refractivity contribution is -0.108. The van der Waals surface area contributed by atoms with E-state index in [-0.39, 0.29) is 12.4 Å². The van der Waals surface area contributed by atoms with Gasteiger partial charge in [0.15, 0.2) is 0 Å². The van der Waals surface area contributed by atoms with Crippen molar-refractivity contribution in [3.8, 4) is 0 Å². The van der Waals surface area contributed by atoms with Gasteiger partial charge >= 0.3 is 5.97 Å². The van der Waals surface area contributed by atoms with Gasteiger partial charge in [0.1, 0.15) is 12.6 Å². The molecule has 0 spiro atoms. The second-order valence-electron chi connectivity index (χ2n) is 1.97. The zero-order valence-corrected chi connectivity index (χ0v) is 6.43. The number of methoxy groups -OCH3 is 1. The SMILES string of the molecule is COC(=O)c1nncn1CC=O. The van der Waals surface area contributed by atoms with Crippen molar-refractivity contribution in [2.75, 3.05) is 7.11 Å². The van der Waals surface area contributed by atoms with E-state index in [1.54, 1.807) is 0 Å². The molecular weight excluding hydrogens is 162 g/mol. The number of ether oxygens (including phenoxy) is 1. The summed E-state index contributed by atoms with van der Waals surface area (Å²) in [4.78, 5) is 21.0. The van der Waals surface area contributed by atoms with Gasteiger partial charge in [-0.3, -0.25) is 0 Å². The number of esters is 1. The van der Waals surface area contributed by atoms with Gasteiger partial charge < -0.3 is 14.1 Å². The van der Waals surface area contributed by atoms with Crippen LogP contribution in [0, 0.1) is 0 Å². The highest BCUT2D eigenvalue weighted by molar-refractivity contribution is 5.85. The molecule has 0 saturated heterocycles. The van der Waals surface area contributed by atoms with E-state index in [0.717, 1.165) is 0 Å². The van der Waals surface area contributed by atoms with Crippen molar-refractivity contribution in [1.82, 2.24) is 14.8 Å². The molecule has 6 heteroatoms. The van der Waals surface area contributed by atoms with Crippen molar-refractivity contribution in [2.24, 2.45) is 0 Å². The van der Waals surface area contributed by atoms with Gasteiger partial charge in [-0.15, -0.1) is 10.2 Å². The van der Waals surface area contributed by atoms with Crippen LogP contribution >= 0.6 is 0 Å². The van der Waals surface area contributed by atoms with E-state index in [4.69, 9.17) is 0 Å². The third kappa shape index (κ3) is 1.47. The van der Waals surface area contributed by atoms with E-state index in [0.29, 0.717) is 6.29 Å². The third-order valence-corrected chi connectivity index (χ3v) is 1.25. The summed E-state index contributed by atoms with van der Waals surface area (Å²) in [6.45, 7) is 0.0530. The molecular formula is C6H7N3O3. The third-order valence-electron chi connectivity index (χ3n) is 1.25. The predicted molar refractivity (Wildman–Crippen MR) is 37.4 cm³/mol. The number of hydrogen-bond donors (Lipinski definition) is 0. The summed E-state index contributed by atoms with van der Waals surface area (Å²) >= 11 is 0. The number of hydrogen-bond acceptors (Lipinski definition) is 5. The second-order valence-corrected chi connectivity index (χ2v) is 1.97. The van der Waals surface area contributed by atoms with E-state index in [1.165, 1.54) is 18.0 Å². The molecule has 0 aliphatic carbocycles. The largest absolute Gasteiger partial charge is 0.463 e. The summed E-state index contributed by atoms with van der Waals surface area (Å²) in [7, 11) is 1.24. The first kappa shape index (κ1) is 8.38. The molecule has 1 aromatic heterocycles. The number of carbonyl (C=O) groups excluding carboxylic acids is 2. The van der Waals surface area contributed by atoms with E-state index in [2.05, 4.69) is 14.9 Å². The van der Waals surface area contributed by atoms with Gasteiger partial charge in [0.2, 0.25) is 5.82 Å². The Morgan fingerprint density at radius 2 is 2.58 bits per heavy atom. The molecule has 0 fully saturated rings. The van der Waals surface area contributed by atoms with Crippen LogP contribution in [0.3, 0.4) is 0 Å². The smallest absolute Gasteiger partial charge is 0.376 e. The number of carbonyl (C=O) groups is 2. The van der Waals surface area contributed by atoms with Crippen LogP contribution in [0.1, 0.15) is 10.6 Å². The monoisotopic (exact) mass is 169 g/mol. The number of aldehydes is 1. The van der Waals surface area contributed by atoms with Gasteiger partial charge in [0, 0.05) is 0 Å². The van der Waals surface area contributed by atoms with Crippen LogP contribution in [0.15, 0.2) is 6.33 Å². The Morgan fingerprint density at radius 3 is 3.17 bits per heavy atom. The van der Waals surface area contributed by atoms with Gasteiger partial charge in [-0.1, -0.05) is 0 Å². The van der Waals surface area contributed by atoms with Crippen LogP contribution in [0.2, 0.25) is 0 Å². The average molecular weight is 169 g/mol. The molecule has 64 valence electrons. The lowest BCUT2D eigenvalue weighted by atomic mass is 10.5. The highest BCUT2D eigenvalue weighted by Crippen LogP contribution is 1.95. The Labute approximate surface area is 68.2 Å². The molecule has 0 aliphatic heterocycles. The summed E-state index contributed by atoms with van der Waals surface area (Å²) in [5.74, 6) is -0.570. The lowest BCUT2D eigenvalue weighted by Crippen LogP contribution is -2.12. The van der Waals surface area contributed by atoms with Crippen LogP contribution in [0.5, 0.6) is 0 Å². The van der Waals surface area contributed by atoms with Gasteiger partial charge in [0.25, 0.3) is 0 Å². The Morgan fingerprint density at radius 1 is 1.83 bits per heavy atom. The molecule has 0 bridgehead atoms. The van der Waals surface area contributed by atoms with E-state index in [9.17, 15) is 9.59 Å². The van der Waals surface area contributed by atoms with Crippen molar-refractivity contribution >= 4 is 12.3 Å². The Hall–Kier alpha value is -1.72. The van der Waals surface area contributed by atoms with Gasteiger partial charge in [-0.25, -0.2) is 4.79 Å². The maximum Gasteiger partial charge on any atom is 0.376 e. The minimum absolute atomic E-state index is 0.0320. The normalized spacial score (nSPS) is 9.42. The van der Waals surface area contributed by atoms with E-state index in [1.807, 2.05) is 0 Å². The molecule has 1 heterocycles. The van der Waals surface area contributed by atoms with Crippen LogP contribution in [0.25, 0.3) is 0 Å². The van der Waals surface area contributed by atoms with Crippen LogP contribution < -0.4 is 0 Å². The van der Waals surface area contributed by atoms with E-state index < -0.39 is 5.97 Å². The molecule has 6 nitrogen and oxygen atoms in total. The molecule has 0 unspecified atom stereocenters. The maximum absolute atomic E-state index is 10.9. The minimum atomic E-state index is -0.602. The highest BCUT2D eigenvalue weighted by Gasteiger charge is 2.12. The van der Waals surface area contributed by atoms with Crippen LogP contribution in [-0.2, 0) is 16.1 Å². The quantitative estimate of drug-likeness (QED) is 0.440. The summed E-state index contributed by atoms with van der Waals surface area (Å²) < 4.78 is 5.71. The van der Waals surface area contributed by atoms with Crippen LogP contribution in [-0.4, -0.2) is 34.1 Å². The Bertz CT molecular complexity index is 294. The lowest BCUT2D eigenvalue weighted by Gasteiger charge is -1.98. The molecule has 0 N–H and O–H groups in total. The topological polar surface area (TPSA) is 74.1 Å². The van der Waals surface area contributed by atoms with E-state index >= 15 is 0 Å². The highest BCUT2D eigenvalue weighted by atomic mass is 16.5. The zero-order valence-electron chi connectivity index (χ0n) is 6.43. The summed E-state index contributed by atoms with van der Waals surface area (Å²) in [6, 6.07) is 0. The zero-order chi connectivity index (χ0) is 8.97. The Kier molecular flexibility index (Phi) is 2.52. The molecule has 0 amide bonds. The fraction of sp³-hybridized carbons (Fsp3) is 0.333. The minimum Gasteiger partial charge on any atom is -0.463 e. The Balaban J connectivity index is 2.90. The van der Waals surface area contributed by atoms with Crippen molar-refractivity contribution in [3.05, 3.63) is 12.2 Å². The van der Waals surface area contributed by atoms with Crippen molar-refractivity contribution in [2.45, 2.75) is 6.54 Å². The predicted octanol–water partition coefficient (Wildman–Crippen LogP) is -0.736. The fourth-order valence-corrected chi connectivity index (χ4v) is 0.718. The summed E-state index contributed by atoms with van der Waals surface area (Å²) in [5.41, 5.74) is 0. The fourth-order valence-electron chi connectivity index (χ4n) is 0.718. The van der Waals surface area contributed by atoms with Gasteiger partial charge in [-0.2, -0.15) is 0 Å². The molecule has 0 aromatic carbocycles. The second kappa shape index (κ2) is 3.61.